The van der Waals surface area contributed by atoms with Gasteiger partial charge in [-0.05, 0) is 37.5 Å². The van der Waals surface area contributed by atoms with E-state index in [0.717, 1.165) is 19.7 Å². The lowest BCUT2D eigenvalue weighted by Crippen LogP contribution is -2.33. The van der Waals surface area contributed by atoms with Crippen LogP contribution in [0.4, 0.5) is 0 Å². The maximum absolute atomic E-state index is 5.04. The van der Waals surface area contributed by atoms with Crippen LogP contribution < -0.4 is 5.32 Å². The summed E-state index contributed by atoms with van der Waals surface area (Å²) in [5, 5.41) is 4.66. The zero-order valence-corrected chi connectivity index (χ0v) is 12.4. The molecule has 0 aromatic carbocycles. The van der Waals surface area contributed by atoms with Crippen molar-refractivity contribution in [3.05, 3.63) is 0 Å². The lowest BCUT2D eigenvalue weighted by atomic mass is 9.89. The standard InChI is InChI=1S/C14H26N2OS/c1-17-10-6-2-5-9-15-13-16-11-14(12-18-13)7-3-4-8-14/h2-12H2,1H3,(H,15,16). The van der Waals surface area contributed by atoms with Gasteiger partial charge in [-0.2, -0.15) is 0 Å². The Balaban J connectivity index is 1.58. The number of hydrogen-bond donors (Lipinski definition) is 1. The van der Waals surface area contributed by atoms with Crippen LogP contribution in [0.1, 0.15) is 44.9 Å². The summed E-state index contributed by atoms with van der Waals surface area (Å²) < 4.78 is 5.04. The Kier molecular flexibility index (Phi) is 5.83. The molecule has 0 aromatic rings. The van der Waals surface area contributed by atoms with Crippen molar-refractivity contribution in [1.29, 1.82) is 0 Å². The van der Waals surface area contributed by atoms with Crippen molar-refractivity contribution in [3.8, 4) is 0 Å². The van der Waals surface area contributed by atoms with Crippen LogP contribution in [0.2, 0.25) is 0 Å². The molecule has 1 aliphatic carbocycles. The van der Waals surface area contributed by atoms with Gasteiger partial charge < -0.3 is 10.1 Å². The summed E-state index contributed by atoms with van der Waals surface area (Å²) in [7, 11) is 1.77. The molecule has 0 radical (unpaired) electrons. The van der Waals surface area contributed by atoms with Gasteiger partial charge in [-0.3, -0.25) is 4.99 Å². The molecular formula is C14H26N2OS. The second-order valence-corrected chi connectivity index (χ2v) is 6.56. The lowest BCUT2D eigenvalue weighted by Gasteiger charge is -2.31. The third kappa shape index (κ3) is 4.16. The Bertz CT molecular complexity index is 275. The van der Waals surface area contributed by atoms with E-state index < -0.39 is 0 Å². The molecular weight excluding hydrogens is 244 g/mol. The molecule has 1 fully saturated rings. The van der Waals surface area contributed by atoms with E-state index in [1.54, 1.807) is 7.11 Å². The fourth-order valence-electron chi connectivity index (χ4n) is 2.83. The van der Waals surface area contributed by atoms with E-state index in [2.05, 4.69) is 5.32 Å². The number of amidine groups is 1. The summed E-state index contributed by atoms with van der Waals surface area (Å²) in [4.78, 5) is 4.74. The van der Waals surface area contributed by atoms with Gasteiger partial charge >= 0.3 is 0 Å². The number of rotatable bonds is 6. The monoisotopic (exact) mass is 270 g/mol. The maximum atomic E-state index is 5.04. The topological polar surface area (TPSA) is 33.6 Å². The first-order valence-corrected chi connectivity index (χ1v) is 8.23. The van der Waals surface area contributed by atoms with Crippen LogP contribution in [0.15, 0.2) is 4.99 Å². The highest BCUT2D eigenvalue weighted by Crippen LogP contribution is 2.43. The number of unbranched alkanes of at least 4 members (excludes halogenated alkanes) is 2. The molecule has 0 bridgehead atoms. The van der Waals surface area contributed by atoms with Gasteiger partial charge in [0.15, 0.2) is 5.17 Å². The number of nitrogens with one attached hydrogen (secondary N) is 1. The molecule has 1 saturated carbocycles. The van der Waals surface area contributed by atoms with Crippen molar-refractivity contribution < 1.29 is 4.74 Å². The SMILES string of the molecule is COCCCCCNC1=NCC2(CCCC2)CS1. The third-order valence-electron chi connectivity index (χ3n) is 4.04. The molecule has 1 aliphatic heterocycles. The van der Waals surface area contributed by atoms with Crippen LogP contribution in [0.3, 0.4) is 0 Å². The van der Waals surface area contributed by atoms with Crippen LogP contribution in [-0.2, 0) is 4.74 Å². The number of ether oxygens (including phenoxy) is 1. The highest BCUT2D eigenvalue weighted by Gasteiger charge is 2.36. The minimum absolute atomic E-state index is 0.564. The van der Waals surface area contributed by atoms with Crippen LogP contribution in [0.25, 0.3) is 0 Å². The highest BCUT2D eigenvalue weighted by molar-refractivity contribution is 8.13. The fraction of sp³-hybridized carbons (Fsp3) is 0.929. The van der Waals surface area contributed by atoms with E-state index in [0.29, 0.717) is 5.41 Å². The number of hydrogen-bond acceptors (Lipinski definition) is 4. The Morgan fingerprint density at radius 2 is 2.11 bits per heavy atom. The molecule has 0 amide bonds. The summed E-state index contributed by atoms with van der Waals surface area (Å²) in [5.74, 6) is 1.28. The molecule has 18 heavy (non-hydrogen) atoms. The van der Waals surface area contributed by atoms with E-state index in [1.807, 2.05) is 11.8 Å². The Morgan fingerprint density at radius 1 is 1.28 bits per heavy atom. The molecule has 2 aliphatic rings. The van der Waals surface area contributed by atoms with Crippen molar-refractivity contribution in [2.45, 2.75) is 44.9 Å². The highest BCUT2D eigenvalue weighted by atomic mass is 32.2. The maximum Gasteiger partial charge on any atom is 0.156 e. The molecule has 0 atom stereocenters. The Labute approximate surface area is 115 Å². The summed E-state index contributed by atoms with van der Waals surface area (Å²) in [6.07, 6.45) is 9.25. The van der Waals surface area contributed by atoms with E-state index >= 15 is 0 Å². The quantitative estimate of drug-likeness (QED) is 0.753. The van der Waals surface area contributed by atoms with Gasteiger partial charge in [0, 0.05) is 32.6 Å². The zero-order valence-electron chi connectivity index (χ0n) is 11.5. The van der Waals surface area contributed by atoms with Crippen LogP contribution in [-0.4, -0.2) is 37.7 Å². The van der Waals surface area contributed by atoms with E-state index in [9.17, 15) is 0 Å². The molecule has 0 aromatic heterocycles. The van der Waals surface area contributed by atoms with Crippen molar-refractivity contribution in [2.75, 3.05) is 32.6 Å². The number of nitrogens with zero attached hydrogens (tertiary/aromatic N) is 1. The van der Waals surface area contributed by atoms with E-state index in [1.165, 1.54) is 55.9 Å². The Hall–Kier alpha value is -0.220. The molecule has 3 nitrogen and oxygen atoms in total. The van der Waals surface area contributed by atoms with Crippen molar-refractivity contribution in [3.63, 3.8) is 0 Å². The molecule has 2 rings (SSSR count). The number of thioether (sulfide) groups is 1. The average molecular weight is 270 g/mol. The predicted octanol–water partition coefficient (Wildman–Crippen LogP) is 3.06. The fourth-order valence-corrected chi connectivity index (χ4v) is 4.01. The second-order valence-electron chi connectivity index (χ2n) is 5.60. The minimum Gasteiger partial charge on any atom is -0.385 e. The van der Waals surface area contributed by atoms with Crippen molar-refractivity contribution in [2.24, 2.45) is 10.4 Å². The summed E-state index contributed by atoms with van der Waals surface area (Å²) in [6, 6.07) is 0. The van der Waals surface area contributed by atoms with Gasteiger partial charge in [0.25, 0.3) is 0 Å². The first-order chi connectivity index (χ1) is 8.85. The molecule has 1 spiro atoms. The van der Waals surface area contributed by atoms with Gasteiger partial charge in [0.2, 0.25) is 0 Å². The first-order valence-electron chi connectivity index (χ1n) is 7.25. The predicted molar refractivity (Wildman–Crippen MR) is 79.4 cm³/mol. The van der Waals surface area contributed by atoms with Gasteiger partial charge in [0.1, 0.15) is 0 Å². The van der Waals surface area contributed by atoms with Gasteiger partial charge in [-0.1, -0.05) is 24.6 Å². The van der Waals surface area contributed by atoms with Gasteiger partial charge in [-0.25, -0.2) is 0 Å². The molecule has 0 saturated heterocycles. The largest absolute Gasteiger partial charge is 0.385 e. The van der Waals surface area contributed by atoms with E-state index in [-0.39, 0.29) is 0 Å². The molecule has 4 heteroatoms. The Morgan fingerprint density at radius 3 is 2.78 bits per heavy atom. The minimum atomic E-state index is 0.564. The van der Waals surface area contributed by atoms with Crippen molar-refractivity contribution >= 4 is 16.9 Å². The van der Waals surface area contributed by atoms with Crippen LogP contribution in [0.5, 0.6) is 0 Å². The number of aliphatic imine (C=N–C) groups is 1. The summed E-state index contributed by atoms with van der Waals surface area (Å²) in [5.41, 5.74) is 0.564. The smallest absolute Gasteiger partial charge is 0.156 e. The first kappa shape index (κ1) is 14.2. The van der Waals surface area contributed by atoms with Gasteiger partial charge in [-0.15, -0.1) is 0 Å². The molecule has 104 valence electrons. The lowest BCUT2D eigenvalue weighted by molar-refractivity contribution is 0.192. The molecule has 1 heterocycles. The summed E-state index contributed by atoms with van der Waals surface area (Å²) >= 11 is 1.94. The van der Waals surface area contributed by atoms with Gasteiger partial charge in [0.05, 0.1) is 0 Å². The number of methoxy groups -OCH3 is 1. The zero-order chi connectivity index (χ0) is 12.7. The van der Waals surface area contributed by atoms with Crippen LogP contribution >= 0.6 is 11.8 Å². The molecule has 1 N–H and O–H groups in total. The van der Waals surface area contributed by atoms with E-state index in [4.69, 9.17) is 9.73 Å². The second kappa shape index (κ2) is 7.39. The van der Waals surface area contributed by atoms with Crippen molar-refractivity contribution in [1.82, 2.24) is 5.32 Å². The summed E-state index contributed by atoms with van der Waals surface area (Å²) in [6.45, 7) is 3.01. The molecule has 0 unspecified atom stereocenters. The third-order valence-corrected chi connectivity index (χ3v) is 5.34. The van der Waals surface area contributed by atoms with Crippen LogP contribution in [0, 0.1) is 5.41 Å². The average Bonchev–Trinajstić information content (AvgIpc) is 2.85. The normalized spacial score (nSPS) is 22.2.